The molecule has 4 aromatic rings. The van der Waals surface area contributed by atoms with E-state index in [-0.39, 0.29) is 6.03 Å². The smallest absolute Gasteiger partial charge is 0.323 e. The second-order valence-electron chi connectivity index (χ2n) is 6.30. The Morgan fingerprint density at radius 1 is 0.808 bits per heavy atom. The number of aryl methyl sites for hydroxylation is 1. The number of fused-ring (bicyclic) bond motifs is 1. The molecule has 3 aromatic carbocycles. The quantitative estimate of drug-likeness (QED) is 0.434. The zero-order chi connectivity index (χ0) is 17.9. The first-order valence-corrected chi connectivity index (χ1v) is 8.50. The zero-order valence-electron chi connectivity index (χ0n) is 14.4. The van der Waals surface area contributed by atoms with E-state index in [4.69, 9.17) is 0 Å². The van der Waals surface area contributed by atoms with E-state index in [0.717, 1.165) is 33.7 Å². The summed E-state index contributed by atoms with van der Waals surface area (Å²) in [6, 6.07) is 25.5. The van der Waals surface area contributed by atoms with Gasteiger partial charge in [-0.05, 0) is 54.4 Å². The lowest BCUT2D eigenvalue weighted by molar-refractivity contribution is 0.262. The van der Waals surface area contributed by atoms with Crippen LogP contribution in [0.25, 0.3) is 22.2 Å². The van der Waals surface area contributed by atoms with Crippen molar-refractivity contribution in [2.75, 3.05) is 10.6 Å². The molecule has 0 aliphatic heterocycles. The maximum absolute atomic E-state index is 12.1. The molecule has 1 heterocycles. The number of benzene rings is 3. The average Bonchev–Trinajstić information content (AvgIpc) is 3.06. The molecule has 0 unspecified atom stereocenters. The van der Waals surface area contributed by atoms with Crippen molar-refractivity contribution in [3.63, 3.8) is 0 Å². The summed E-state index contributed by atoms with van der Waals surface area (Å²) in [5, 5.41) is 6.88. The lowest BCUT2D eigenvalue weighted by Gasteiger charge is -2.08. The third kappa shape index (κ3) is 3.44. The van der Waals surface area contributed by atoms with Crippen LogP contribution in [0.1, 0.15) is 5.56 Å². The number of H-pyrrole nitrogens is 1. The van der Waals surface area contributed by atoms with Gasteiger partial charge in [-0.15, -0.1) is 0 Å². The van der Waals surface area contributed by atoms with E-state index in [1.165, 1.54) is 5.39 Å². The molecule has 0 radical (unpaired) electrons. The van der Waals surface area contributed by atoms with Crippen molar-refractivity contribution < 1.29 is 4.79 Å². The molecule has 1 aromatic heterocycles. The summed E-state index contributed by atoms with van der Waals surface area (Å²) in [7, 11) is 0. The van der Waals surface area contributed by atoms with E-state index in [2.05, 4.69) is 33.8 Å². The number of rotatable bonds is 3. The summed E-state index contributed by atoms with van der Waals surface area (Å²) in [5.74, 6) is 0. The summed E-state index contributed by atoms with van der Waals surface area (Å²) in [5.41, 5.74) is 5.87. The standard InChI is InChI=1S/C22H19N3O/c1-15-5-4-7-19(13-15)24-22(26)23-18-11-9-16(10-12-18)21-14-17-6-2-3-8-20(17)25-21/h2-14,25H,1H3,(H2,23,24,26). The molecule has 0 saturated carbocycles. The monoisotopic (exact) mass is 341 g/mol. The number of para-hydroxylation sites is 1. The van der Waals surface area contributed by atoms with Gasteiger partial charge in [-0.3, -0.25) is 0 Å². The molecule has 4 rings (SSSR count). The summed E-state index contributed by atoms with van der Waals surface area (Å²) < 4.78 is 0. The van der Waals surface area contributed by atoms with Gasteiger partial charge in [-0.2, -0.15) is 0 Å². The van der Waals surface area contributed by atoms with Gasteiger partial charge in [0.05, 0.1) is 0 Å². The van der Waals surface area contributed by atoms with Crippen LogP contribution in [0, 0.1) is 6.92 Å². The number of anilines is 2. The lowest BCUT2D eigenvalue weighted by Crippen LogP contribution is -2.19. The van der Waals surface area contributed by atoms with Crippen LogP contribution in [0.5, 0.6) is 0 Å². The van der Waals surface area contributed by atoms with Crippen molar-refractivity contribution in [3.05, 3.63) is 84.4 Å². The van der Waals surface area contributed by atoms with Crippen LogP contribution in [0.4, 0.5) is 16.2 Å². The molecule has 0 aliphatic carbocycles. The molecular weight excluding hydrogens is 322 g/mol. The largest absolute Gasteiger partial charge is 0.355 e. The number of hydrogen-bond donors (Lipinski definition) is 3. The topological polar surface area (TPSA) is 56.9 Å². The molecule has 26 heavy (non-hydrogen) atoms. The van der Waals surface area contributed by atoms with Crippen molar-refractivity contribution in [3.8, 4) is 11.3 Å². The minimum atomic E-state index is -0.256. The first kappa shape index (κ1) is 16.0. The van der Waals surface area contributed by atoms with E-state index in [1.54, 1.807) is 0 Å². The Morgan fingerprint density at radius 2 is 1.58 bits per heavy atom. The van der Waals surface area contributed by atoms with Crippen molar-refractivity contribution >= 4 is 28.3 Å². The van der Waals surface area contributed by atoms with Crippen LogP contribution in [0.2, 0.25) is 0 Å². The van der Waals surface area contributed by atoms with Gasteiger partial charge >= 0.3 is 6.03 Å². The fraction of sp³-hybridized carbons (Fsp3) is 0.0455. The molecule has 2 amide bonds. The Kier molecular flexibility index (Phi) is 4.15. The molecule has 4 nitrogen and oxygen atoms in total. The molecule has 0 bridgehead atoms. The van der Waals surface area contributed by atoms with Crippen molar-refractivity contribution in [1.82, 2.24) is 4.98 Å². The molecular formula is C22H19N3O. The molecule has 4 heteroatoms. The Bertz CT molecular complexity index is 1030. The second kappa shape index (κ2) is 6.76. The van der Waals surface area contributed by atoms with Crippen LogP contribution in [-0.4, -0.2) is 11.0 Å². The lowest BCUT2D eigenvalue weighted by atomic mass is 10.1. The highest BCUT2D eigenvalue weighted by Gasteiger charge is 2.05. The van der Waals surface area contributed by atoms with Crippen molar-refractivity contribution in [1.29, 1.82) is 0 Å². The molecule has 0 spiro atoms. The van der Waals surface area contributed by atoms with Crippen LogP contribution in [-0.2, 0) is 0 Å². The van der Waals surface area contributed by atoms with Gasteiger partial charge < -0.3 is 15.6 Å². The van der Waals surface area contributed by atoms with E-state index >= 15 is 0 Å². The summed E-state index contributed by atoms with van der Waals surface area (Å²) >= 11 is 0. The van der Waals surface area contributed by atoms with Crippen LogP contribution in [0.3, 0.4) is 0 Å². The number of amides is 2. The number of aromatic nitrogens is 1. The van der Waals surface area contributed by atoms with Crippen molar-refractivity contribution in [2.45, 2.75) is 6.92 Å². The minimum Gasteiger partial charge on any atom is -0.355 e. The minimum absolute atomic E-state index is 0.256. The van der Waals surface area contributed by atoms with Gasteiger partial charge in [0.15, 0.2) is 0 Å². The van der Waals surface area contributed by atoms with E-state index < -0.39 is 0 Å². The molecule has 128 valence electrons. The highest BCUT2D eigenvalue weighted by molar-refractivity contribution is 6.00. The molecule has 0 aliphatic rings. The average molecular weight is 341 g/mol. The maximum atomic E-state index is 12.1. The Hall–Kier alpha value is -3.53. The number of aromatic amines is 1. The maximum Gasteiger partial charge on any atom is 0.323 e. The Balaban J connectivity index is 1.46. The Morgan fingerprint density at radius 3 is 2.35 bits per heavy atom. The van der Waals surface area contributed by atoms with E-state index in [0.29, 0.717) is 0 Å². The number of carbonyl (C=O) groups is 1. The third-order valence-corrected chi connectivity index (χ3v) is 4.26. The van der Waals surface area contributed by atoms with Gasteiger partial charge in [0.2, 0.25) is 0 Å². The molecule has 0 saturated heterocycles. The number of urea groups is 1. The first-order chi connectivity index (χ1) is 12.7. The van der Waals surface area contributed by atoms with E-state index in [9.17, 15) is 4.79 Å². The van der Waals surface area contributed by atoms with Gasteiger partial charge in [-0.1, -0.05) is 42.5 Å². The van der Waals surface area contributed by atoms with Gasteiger partial charge in [0.25, 0.3) is 0 Å². The summed E-state index contributed by atoms with van der Waals surface area (Å²) in [6.07, 6.45) is 0. The number of hydrogen-bond acceptors (Lipinski definition) is 1. The highest BCUT2D eigenvalue weighted by Crippen LogP contribution is 2.25. The molecule has 0 atom stereocenters. The van der Waals surface area contributed by atoms with Gasteiger partial charge in [0.1, 0.15) is 0 Å². The highest BCUT2D eigenvalue weighted by atomic mass is 16.2. The van der Waals surface area contributed by atoms with Crippen LogP contribution < -0.4 is 10.6 Å². The van der Waals surface area contributed by atoms with Crippen LogP contribution >= 0.6 is 0 Å². The number of nitrogens with one attached hydrogen (secondary N) is 3. The molecule has 3 N–H and O–H groups in total. The zero-order valence-corrected chi connectivity index (χ0v) is 14.4. The summed E-state index contributed by atoms with van der Waals surface area (Å²) in [4.78, 5) is 15.5. The van der Waals surface area contributed by atoms with E-state index in [1.807, 2.05) is 67.6 Å². The first-order valence-electron chi connectivity index (χ1n) is 8.50. The van der Waals surface area contributed by atoms with Crippen LogP contribution in [0.15, 0.2) is 78.9 Å². The predicted molar refractivity (Wildman–Crippen MR) is 108 cm³/mol. The third-order valence-electron chi connectivity index (χ3n) is 4.26. The van der Waals surface area contributed by atoms with Gasteiger partial charge in [0, 0.05) is 28.0 Å². The predicted octanol–water partition coefficient (Wildman–Crippen LogP) is 5.79. The van der Waals surface area contributed by atoms with Gasteiger partial charge in [-0.25, -0.2) is 4.79 Å². The van der Waals surface area contributed by atoms with Crippen molar-refractivity contribution in [2.24, 2.45) is 0 Å². The second-order valence-corrected chi connectivity index (χ2v) is 6.30. The molecule has 0 fully saturated rings. The fourth-order valence-electron chi connectivity index (χ4n) is 2.98. The normalized spacial score (nSPS) is 10.7. The summed E-state index contributed by atoms with van der Waals surface area (Å²) in [6.45, 7) is 1.99. The fourth-order valence-corrected chi connectivity index (χ4v) is 2.98. The SMILES string of the molecule is Cc1cccc(NC(=O)Nc2ccc(-c3cc4ccccc4[nH]3)cc2)c1. The number of carbonyl (C=O) groups excluding carboxylic acids is 1. The Labute approximate surface area is 151 Å².